The molecule has 0 aromatic heterocycles. The summed E-state index contributed by atoms with van der Waals surface area (Å²) in [6, 6.07) is 4.55. The SMILES string of the molecule is CC=CC(C)c1cc(C(C)C=CC)c(N)c(C(C)C=CC)c1. The number of anilines is 1. The lowest BCUT2D eigenvalue weighted by Crippen LogP contribution is -2.06. The zero-order valence-electron chi connectivity index (χ0n) is 14.9. The van der Waals surface area contributed by atoms with Crippen molar-refractivity contribution in [1.82, 2.24) is 0 Å². The minimum atomic E-state index is 0.333. The van der Waals surface area contributed by atoms with Crippen LogP contribution in [0.15, 0.2) is 48.6 Å². The van der Waals surface area contributed by atoms with Crippen LogP contribution < -0.4 is 5.73 Å². The van der Waals surface area contributed by atoms with E-state index in [0.29, 0.717) is 17.8 Å². The van der Waals surface area contributed by atoms with Gasteiger partial charge in [-0.2, -0.15) is 0 Å². The van der Waals surface area contributed by atoms with Crippen LogP contribution in [0.3, 0.4) is 0 Å². The van der Waals surface area contributed by atoms with Crippen molar-refractivity contribution in [3.8, 4) is 0 Å². The molecule has 1 aromatic carbocycles. The van der Waals surface area contributed by atoms with Gasteiger partial charge in [0.25, 0.3) is 0 Å². The van der Waals surface area contributed by atoms with E-state index < -0.39 is 0 Å². The lowest BCUT2D eigenvalue weighted by molar-refractivity contribution is 0.896. The second-order valence-electron chi connectivity index (χ2n) is 6.06. The molecule has 1 heteroatoms. The van der Waals surface area contributed by atoms with Crippen molar-refractivity contribution in [1.29, 1.82) is 0 Å². The fraction of sp³-hybridized carbons (Fsp3) is 0.429. The van der Waals surface area contributed by atoms with Crippen molar-refractivity contribution >= 4 is 5.69 Å². The number of nitrogen functional groups attached to an aromatic ring is 1. The molecule has 0 aliphatic carbocycles. The van der Waals surface area contributed by atoms with E-state index in [9.17, 15) is 0 Å². The summed E-state index contributed by atoms with van der Waals surface area (Å²) < 4.78 is 0. The van der Waals surface area contributed by atoms with Crippen LogP contribution >= 0.6 is 0 Å². The highest BCUT2D eigenvalue weighted by Crippen LogP contribution is 2.35. The summed E-state index contributed by atoms with van der Waals surface area (Å²) in [6.07, 6.45) is 13.0. The van der Waals surface area contributed by atoms with E-state index in [-0.39, 0.29) is 0 Å². The van der Waals surface area contributed by atoms with E-state index in [1.807, 2.05) is 0 Å². The van der Waals surface area contributed by atoms with E-state index >= 15 is 0 Å². The highest BCUT2D eigenvalue weighted by Gasteiger charge is 2.16. The molecule has 2 N–H and O–H groups in total. The quantitative estimate of drug-likeness (QED) is 0.483. The Morgan fingerprint density at radius 3 is 1.45 bits per heavy atom. The fourth-order valence-electron chi connectivity index (χ4n) is 2.92. The number of rotatable bonds is 6. The number of hydrogen-bond acceptors (Lipinski definition) is 1. The molecule has 1 aromatic rings. The summed E-state index contributed by atoms with van der Waals surface area (Å²) in [4.78, 5) is 0. The maximum absolute atomic E-state index is 6.50. The maximum Gasteiger partial charge on any atom is 0.0391 e. The van der Waals surface area contributed by atoms with E-state index in [1.54, 1.807) is 0 Å². The van der Waals surface area contributed by atoms with E-state index in [2.05, 4.69) is 90.1 Å². The van der Waals surface area contributed by atoms with Crippen molar-refractivity contribution in [3.05, 3.63) is 65.3 Å². The van der Waals surface area contributed by atoms with Gasteiger partial charge in [0.2, 0.25) is 0 Å². The van der Waals surface area contributed by atoms with Gasteiger partial charge >= 0.3 is 0 Å². The third-order valence-electron chi connectivity index (χ3n) is 4.22. The van der Waals surface area contributed by atoms with Crippen LogP contribution in [0.5, 0.6) is 0 Å². The Bertz CT molecular complexity index is 524. The van der Waals surface area contributed by atoms with E-state index in [0.717, 1.165) is 5.69 Å². The lowest BCUT2D eigenvalue weighted by atomic mass is 9.86. The van der Waals surface area contributed by atoms with Gasteiger partial charge in [-0.25, -0.2) is 0 Å². The van der Waals surface area contributed by atoms with Crippen LogP contribution in [0.25, 0.3) is 0 Å². The van der Waals surface area contributed by atoms with Crippen LogP contribution in [0.1, 0.15) is 76.0 Å². The van der Waals surface area contributed by atoms with Crippen molar-refractivity contribution in [3.63, 3.8) is 0 Å². The molecule has 120 valence electrons. The molecule has 0 heterocycles. The number of hydrogen-bond donors (Lipinski definition) is 1. The number of nitrogens with two attached hydrogens (primary N) is 1. The van der Waals surface area contributed by atoms with Crippen LogP contribution in [0, 0.1) is 0 Å². The number of allylic oxidation sites excluding steroid dienone is 6. The van der Waals surface area contributed by atoms with Gasteiger partial charge in [0.05, 0.1) is 0 Å². The Kier molecular flexibility index (Phi) is 7.17. The van der Waals surface area contributed by atoms with E-state index in [4.69, 9.17) is 5.73 Å². The first-order chi connectivity index (χ1) is 10.5. The topological polar surface area (TPSA) is 26.0 Å². The highest BCUT2D eigenvalue weighted by atomic mass is 14.6. The molecule has 3 unspecified atom stereocenters. The third-order valence-corrected chi connectivity index (χ3v) is 4.22. The third kappa shape index (κ3) is 4.37. The standard InChI is InChI=1S/C21H31N/c1-7-10-15(4)18-13-19(16(5)11-8-2)21(22)20(14-18)17(6)12-9-3/h7-17H,22H2,1-6H3. The van der Waals surface area contributed by atoms with Crippen LogP contribution in [-0.4, -0.2) is 0 Å². The maximum atomic E-state index is 6.50. The average Bonchev–Trinajstić information content (AvgIpc) is 2.48. The summed E-state index contributed by atoms with van der Waals surface area (Å²) in [7, 11) is 0. The summed E-state index contributed by atoms with van der Waals surface area (Å²) in [5.74, 6) is 1.07. The lowest BCUT2D eigenvalue weighted by Gasteiger charge is -2.21. The van der Waals surface area contributed by atoms with Crippen molar-refractivity contribution in [2.24, 2.45) is 0 Å². The van der Waals surface area contributed by atoms with Gasteiger partial charge in [-0.05, 0) is 43.4 Å². The molecule has 1 rings (SSSR count). The van der Waals surface area contributed by atoms with Gasteiger partial charge in [-0.15, -0.1) is 0 Å². The normalized spacial score (nSPS) is 16.6. The van der Waals surface area contributed by atoms with Crippen LogP contribution in [0.2, 0.25) is 0 Å². The van der Waals surface area contributed by atoms with Gasteiger partial charge < -0.3 is 5.73 Å². The predicted octanol–water partition coefficient (Wildman–Crippen LogP) is 6.31. The second-order valence-corrected chi connectivity index (χ2v) is 6.06. The van der Waals surface area contributed by atoms with Gasteiger partial charge in [0, 0.05) is 17.5 Å². The van der Waals surface area contributed by atoms with E-state index in [1.165, 1.54) is 16.7 Å². The molecular formula is C21H31N. The zero-order chi connectivity index (χ0) is 16.7. The molecule has 0 aliphatic heterocycles. The van der Waals surface area contributed by atoms with Gasteiger partial charge in [0.1, 0.15) is 0 Å². The molecule has 22 heavy (non-hydrogen) atoms. The Balaban J connectivity index is 3.48. The van der Waals surface area contributed by atoms with Gasteiger partial charge in [-0.1, -0.05) is 69.4 Å². The Morgan fingerprint density at radius 2 is 1.09 bits per heavy atom. The first kappa shape index (κ1) is 18.3. The monoisotopic (exact) mass is 297 g/mol. The second kappa shape index (κ2) is 8.63. The smallest absolute Gasteiger partial charge is 0.0391 e. The molecule has 0 saturated carbocycles. The Hall–Kier alpha value is -1.76. The molecule has 0 fully saturated rings. The minimum absolute atomic E-state index is 0.333. The largest absolute Gasteiger partial charge is 0.398 e. The minimum Gasteiger partial charge on any atom is -0.398 e. The molecule has 0 bridgehead atoms. The highest BCUT2D eigenvalue weighted by molar-refractivity contribution is 5.60. The predicted molar refractivity (Wildman–Crippen MR) is 101 cm³/mol. The van der Waals surface area contributed by atoms with Crippen molar-refractivity contribution in [2.75, 3.05) is 5.73 Å². The van der Waals surface area contributed by atoms with Gasteiger partial charge in [0.15, 0.2) is 0 Å². The van der Waals surface area contributed by atoms with Crippen LogP contribution in [0.4, 0.5) is 5.69 Å². The average molecular weight is 297 g/mol. The fourth-order valence-corrected chi connectivity index (χ4v) is 2.92. The number of benzene rings is 1. The first-order valence-electron chi connectivity index (χ1n) is 8.27. The molecule has 3 atom stereocenters. The van der Waals surface area contributed by atoms with Crippen molar-refractivity contribution in [2.45, 2.75) is 59.3 Å². The summed E-state index contributed by atoms with van der Waals surface area (Å²) in [6.45, 7) is 12.8. The van der Waals surface area contributed by atoms with Crippen molar-refractivity contribution < 1.29 is 0 Å². The molecule has 0 radical (unpaired) electrons. The molecule has 0 aliphatic rings. The zero-order valence-corrected chi connectivity index (χ0v) is 14.9. The Labute approximate surface area is 136 Å². The summed E-state index contributed by atoms with van der Waals surface area (Å²) in [5.41, 5.74) is 11.2. The summed E-state index contributed by atoms with van der Waals surface area (Å²) >= 11 is 0. The first-order valence-corrected chi connectivity index (χ1v) is 8.27. The van der Waals surface area contributed by atoms with Gasteiger partial charge in [-0.3, -0.25) is 0 Å². The molecular weight excluding hydrogens is 266 g/mol. The molecule has 0 spiro atoms. The Morgan fingerprint density at radius 1 is 0.727 bits per heavy atom. The van der Waals surface area contributed by atoms with Crippen LogP contribution in [-0.2, 0) is 0 Å². The molecule has 0 amide bonds. The summed E-state index contributed by atoms with van der Waals surface area (Å²) in [5, 5.41) is 0. The molecule has 0 saturated heterocycles. The molecule has 1 nitrogen and oxygen atoms in total.